The number of carbonyl (C=O) groups is 4. The Morgan fingerprint density at radius 2 is 1.49 bits per heavy atom. The van der Waals surface area contributed by atoms with Gasteiger partial charge in [-0.25, -0.2) is 28.6 Å². The van der Waals surface area contributed by atoms with Crippen LogP contribution in [-0.2, 0) is 55.5 Å². The monoisotopic (exact) mass is 1090 g/mol. The number of aliphatic hydroxyl groups is 2. The first-order chi connectivity index (χ1) is 33.9. The molecule has 72 heavy (non-hydrogen) atoms. The Balaban J connectivity index is 1.30. The molecule has 1 aliphatic heterocycles. The van der Waals surface area contributed by atoms with Crippen LogP contribution >= 0.6 is 35.2 Å². The molecule has 2 aromatic heterocycles. The molecule has 2 amide bonds. The number of Topliss-reactive ketones (excluding diaryl/α,β-unsaturated/α-hetero) is 1. The molecular weight excluding hydrogens is 1030 g/mol. The molecule has 0 radical (unpaired) electrons. The van der Waals surface area contributed by atoms with Crippen LogP contribution in [0.15, 0.2) is 73.4 Å². The van der Waals surface area contributed by atoms with Gasteiger partial charge < -0.3 is 50.9 Å². The highest BCUT2D eigenvalue weighted by molar-refractivity contribution is 8.13. The lowest BCUT2D eigenvalue weighted by atomic mass is 9.87. The summed E-state index contributed by atoms with van der Waals surface area (Å²) in [5.41, 5.74) is 4.23. The molecule has 25 nitrogen and oxygen atoms in total. The maximum atomic E-state index is 12.8. The maximum Gasteiger partial charge on any atom is 0.481 e. The molecule has 7 atom stereocenters. The number of hydrogen-bond donors (Lipinski definition) is 9. The van der Waals surface area contributed by atoms with Gasteiger partial charge in [0.2, 0.25) is 11.8 Å². The number of aliphatic hydroxyl groups excluding tert-OH is 2. The Morgan fingerprint density at radius 3 is 2.11 bits per heavy atom. The van der Waals surface area contributed by atoms with Gasteiger partial charge >= 0.3 is 23.5 Å². The molecule has 0 aromatic carbocycles. The zero-order valence-electron chi connectivity index (χ0n) is 40.1. The summed E-state index contributed by atoms with van der Waals surface area (Å²) in [6, 6.07) is 0. The number of nitrogen functional groups attached to an aromatic ring is 1. The lowest BCUT2D eigenvalue weighted by Crippen LogP contribution is -2.46. The number of hydrogen-bond acceptors (Lipinski definition) is 19. The van der Waals surface area contributed by atoms with Crippen LogP contribution in [0.4, 0.5) is 5.82 Å². The van der Waals surface area contributed by atoms with E-state index in [1.807, 2.05) is 12.2 Å². The number of ether oxygens (including phenoxy) is 1. The highest BCUT2D eigenvalue weighted by atomic mass is 32.2. The minimum absolute atomic E-state index is 0.0229. The molecule has 29 heteroatoms. The lowest BCUT2D eigenvalue weighted by molar-refractivity contribution is -0.137. The summed E-state index contributed by atoms with van der Waals surface area (Å²) in [7, 11) is -16.5. The van der Waals surface area contributed by atoms with Gasteiger partial charge in [-0.15, -0.1) is 0 Å². The molecule has 3 rings (SSSR count). The molecule has 10 N–H and O–H groups in total. The smallest absolute Gasteiger partial charge is 0.386 e. The second-order valence-electron chi connectivity index (χ2n) is 16.6. The number of imidazole rings is 1. The fourth-order valence-electron chi connectivity index (χ4n) is 6.38. The summed E-state index contributed by atoms with van der Waals surface area (Å²) in [6.07, 6.45) is 20.1. The van der Waals surface area contributed by atoms with Gasteiger partial charge in [-0.1, -0.05) is 93.3 Å². The minimum Gasteiger partial charge on any atom is -0.386 e. The number of nitrogens with one attached hydrogen (secondary N) is 2. The standard InChI is InChI=1S/C43H66N7O18P3S/c1-4-5-6-7-8-9-10-11-12-13-14-15-16-17-18-19-20-21-31(51)26-34(53)72-25-24-45-33(52)22-23-46-41(56)38(55)43(2,3)28-65-71(62,63)68-70(60,61)64-27-32-37(67-69(57,58)59)36(54)42(66-32)50-30-49-35-39(44)47-29-48-40(35)50/h5-6,8-9,11-12,14-15,17-18,29-30,32,36-38,42,54-55H,4,7,10,13,16,19-28H2,1-3H3,(H,45,52)(H,46,56)(H,60,61)(H,62,63)(H2,44,47,48)(H2,57,58,59)/b6-5-,9-8-,12-11-,15-14-,18-17-/t32-,36+,37+,38-,42-/m0/s1. The van der Waals surface area contributed by atoms with E-state index in [0.717, 1.165) is 67.5 Å². The van der Waals surface area contributed by atoms with Crippen molar-refractivity contribution in [2.75, 3.05) is 37.8 Å². The van der Waals surface area contributed by atoms with Crippen LogP contribution < -0.4 is 16.4 Å². The molecular formula is C43H66N7O18P3S. The van der Waals surface area contributed by atoms with Gasteiger partial charge in [0.15, 0.2) is 22.8 Å². The lowest BCUT2D eigenvalue weighted by Gasteiger charge is -2.30. The van der Waals surface area contributed by atoms with Crippen molar-refractivity contribution in [3.63, 3.8) is 0 Å². The number of nitrogens with two attached hydrogens (primary N) is 1. The number of aromatic nitrogens is 4. The molecule has 402 valence electrons. The summed E-state index contributed by atoms with van der Waals surface area (Å²) in [5, 5.41) is 26.2. The summed E-state index contributed by atoms with van der Waals surface area (Å²) >= 11 is 0.911. The zero-order valence-corrected chi connectivity index (χ0v) is 43.6. The van der Waals surface area contributed by atoms with Gasteiger partial charge in [0.05, 0.1) is 26.0 Å². The van der Waals surface area contributed by atoms with E-state index < -0.39 is 84.6 Å². The SMILES string of the molecule is CC/C=C\C/C=C\C/C=C\C/C=C\C/C=C\CCCC(=O)CC(=O)SCCNC(=O)CCNC(=O)[C@H](O)C(C)(C)COP(=O)(O)OP(=O)(O)OC[C@@H]1O[C@H](n2cnc3c(N)ncnc32)[C@H](O)[C@@H]1OP(=O)(O)O. The van der Waals surface area contributed by atoms with Gasteiger partial charge in [0.25, 0.3) is 0 Å². The van der Waals surface area contributed by atoms with E-state index in [4.69, 9.17) is 19.5 Å². The topological polar surface area (TPSA) is 381 Å². The van der Waals surface area contributed by atoms with Crippen molar-refractivity contribution < 1.29 is 85.3 Å². The number of phosphoric acid groups is 3. The van der Waals surface area contributed by atoms with Crippen LogP contribution in [0.1, 0.15) is 91.2 Å². The normalized spacial score (nSPS) is 20.0. The Kier molecular flexibility index (Phi) is 26.8. The zero-order chi connectivity index (χ0) is 53.4. The van der Waals surface area contributed by atoms with Crippen LogP contribution in [-0.4, -0.2) is 128 Å². The van der Waals surface area contributed by atoms with Gasteiger partial charge in [-0.3, -0.25) is 37.3 Å². The van der Waals surface area contributed by atoms with Crippen LogP contribution in [0.3, 0.4) is 0 Å². The number of ketones is 1. The Labute approximate surface area is 421 Å². The van der Waals surface area contributed by atoms with Crippen molar-refractivity contribution in [2.24, 2.45) is 5.41 Å². The van der Waals surface area contributed by atoms with Crippen molar-refractivity contribution in [3.05, 3.63) is 73.4 Å². The fourth-order valence-corrected chi connectivity index (χ4v) is 9.90. The maximum absolute atomic E-state index is 12.8. The molecule has 1 saturated heterocycles. The third-order valence-electron chi connectivity index (χ3n) is 10.1. The number of unbranched alkanes of at least 4 members (excludes halogenated alkanes) is 1. The van der Waals surface area contributed by atoms with E-state index in [1.165, 1.54) is 13.8 Å². The Morgan fingerprint density at radius 1 is 0.875 bits per heavy atom. The van der Waals surface area contributed by atoms with Crippen LogP contribution in [0.2, 0.25) is 0 Å². The number of rotatable bonds is 34. The summed E-state index contributed by atoms with van der Waals surface area (Å²) in [6.45, 7) is 2.40. The molecule has 1 fully saturated rings. The van der Waals surface area contributed by atoms with Crippen LogP contribution in [0, 0.1) is 5.41 Å². The predicted octanol–water partition coefficient (Wildman–Crippen LogP) is 4.55. The van der Waals surface area contributed by atoms with Gasteiger partial charge in [-0.05, 0) is 44.9 Å². The summed E-state index contributed by atoms with van der Waals surface area (Å²) < 4.78 is 62.4. The van der Waals surface area contributed by atoms with E-state index in [0.29, 0.717) is 6.42 Å². The largest absolute Gasteiger partial charge is 0.481 e. The van der Waals surface area contributed by atoms with Crippen molar-refractivity contribution in [1.29, 1.82) is 0 Å². The van der Waals surface area contributed by atoms with E-state index in [9.17, 15) is 62.7 Å². The first kappa shape index (κ1) is 62.2. The van der Waals surface area contributed by atoms with Gasteiger partial charge in [-0.2, -0.15) is 4.31 Å². The fraction of sp³-hybridized carbons (Fsp3) is 0.558. The molecule has 0 bridgehead atoms. The summed E-state index contributed by atoms with van der Waals surface area (Å²) in [4.78, 5) is 101. The molecule has 2 aromatic rings. The predicted molar refractivity (Wildman–Crippen MR) is 265 cm³/mol. The van der Waals surface area contributed by atoms with Crippen LogP contribution in [0.5, 0.6) is 0 Å². The molecule has 3 heterocycles. The molecule has 0 saturated carbocycles. The molecule has 1 aliphatic rings. The first-order valence-electron chi connectivity index (χ1n) is 22.8. The van der Waals surface area contributed by atoms with E-state index in [2.05, 4.69) is 90.0 Å². The third-order valence-corrected chi connectivity index (χ3v) is 14.1. The van der Waals surface area contributed by atoms with E-state index >= 15 is 0 Å². The number of nitrogens with zero attached hydrogens (tertiary/aromatic N) is 4. The number of thioether (sulfide) groups is 1. The Bertz CT molecular complexity index is 2390. The number of fused-ring (bicyclic) bond motifs is 1. The highest BCUT2D eigenvalue weighted by Gasteiger charge is 2.50. The average molecular weight is 1090 g/mol. The highest BCUT2D eigenvalue weighted by Crippen LogP contribution is 2.61. The second kappa shape index (κ2) is 31.0. The van der Waals surface area contributed by atoms with Gasteiger partial charge in [0.1, 0.15) is 42.0 Å². The molecule has 0 spiro atoms. The first-order valence-corrected chi connectivity index (χ1v) is 28.3. The quantitative estimate of drug-likeness (QED) is 0.0201. The molecule has 2 unspecified atom stereocenters. The van der Waals surface area contributed by atoms with Crippen molar-refractivity contribution in [2.45, 2.75) is 116 Å². The second-order valence-corrected chi connectivity index (χ2v) is 22.0. The van der Waals surface area contributed by atoms with Crippen molar-refractivity contribution in [3.8, 4) is 0 Å². The number of phosphoric ester groups is 3. The number of anilines is 1. The Hall–Kier alpha value is -4.07. The van der Waals surface area contributed by atoms with Crippen LogP contribution in [0.25, 0.3) is 11.2 Å². The molecule has 0 aliphatic carbocycles. The minimum atomic E-state index is -5.60. The number of carbonyl (C=O) groups excluding carboxylic acids is 4. The number of amides is 2. The average Bonchev–Trinajstić information content (AvgIpc) is 3.86. The third kappa shape index (κ3) is 23.4. The van der Waals surface area contributed by atoms with Crippen molar-refractivity contribution >= 4 is 74.9 Å². The van der Waals surface area contributed by atoms with Gasteiger partial charge in [0, 0.05) is 37.1 Å². The summed E-state index contributed by atoms with van der Waals surface area (Å²) in [5.74, 6) is -1.51. The van der Waals surface area contributed by atoms with Crippen molar-refractivity contribution in [1.82, 2.24) is 30.2 Å². The van der Waals surface area contributed by atoms with E-state index in [1.54, 1.807) is 0 Å². The number of allylic oxidation sites excluding steroid dienone is 10. The van der Waals surface area contributed by atoms with E-state index in [-0.39, 0.29) is 66.0 Å².